The van der Waals surface area contributed by atoms with Gasteiger partial charge in [-0.1, -0.05) is 32.6 Å². The Morgan fingerprint density at radius 3 is 2.73 bits per heavy atom. The lowest BCUT2D eigenvalue weighted by atomic mass is 10.3. The maximum absolute atomic E-state index is 8.10. The molecule has 0 N–H and O–H groups in total. The van der Waals surface area contributed by atoms with Gasteiger partial charge in [0.2, 0.25) is 0 Å². The highest BCUT2D eigenvalue weighted by molar-refractivity contribution is 9.10. The zero-order valence-electron chi connectivity index (χ0n) is 5.33. The first kappa shape index (κ1) is 8.40. The Labute approximate surface area is 76.7 Å². The second kappa shape index (κ2) is 3.62. The van der Waals surface area contributed by atoms with Crippen LogP contribution in [0.15, 0.2) is 27.8 Å². The minimum absolute atomic E-state index is 0.506. The minimum atomic E-state index is 0.506. The zero-order valence-corrected chi connectivity index (χ0v) is 7.67. The average Bonchev–Trinajstić information content (AvgIpc) is 1.85. The number of hydrogen-bond donors (Lipinski definition) is 0. The molecule has 0 aromatic heterocycles. The molecule has 5 heteroatoms. The highest BCUT2D eigenvalue weighted by atomic mass is 79.9. The van der Waals surface area contributed by atoms with Crippen molar-refractivity contribution in [3.63, 3.8) is 0 Å². The Hall–Kier alpha value is -0.700. The largest absolute Gasteiger partial charge is 0.0843 e. The van der Waals surface area contributed by atoms with E-state index in [9.17, 15) is 0 Å². The molecule has 0 heterocycles. The molecule has 0 atom stereocenters. The number of rotatable bonds is 1. The molecule has 1 rings (SSSR count). The Morgan fingerprint density at radius 2 is 2.18 bits per heavy atom. The minimum Gasteiger partial charge on any atom is -0.0843 e. The number of azide groups is 1. The van der Waals surface area contributed by atoms with Crippen LogP contribution in [-0.4, -0.2) is 0 Å². The van der Waals surface area contributed by atoms with Gasteiger partial charge in [0, 0.05) is 20.1 Å². The Kier molecular flexibility index (Phi) is 2.76. The van der Waals surface area contributed by atoms with Gasteiger partial charge in [0.1, 0.15) is 0 Å². The fourth-order valence-electron chi connectivity index (χ4n) is 0.649. The van der Waals surface area contributed by atoms with Gasteiger partial charge in [0.25, 0.3) is 0 Å². The normalized spacial score (nSPS) is 8.91. The molecular weight excluding hydrogens is 229 g/mol. The Bertz CT molecular complexity index is 299. The van der Waals surface area contributed by atoms with Gasteiger partial charge in [-0.2, -0.15) is 0 Å². The van der Waals surface area contributed by atoms with Gasteiger partial charge >= 0.3 is 0 Å². The van der Waals surface area contributed by atoms with Crippen LogP contribution in [0.5, 0.6) is 0 Å². The van der Waals surface area contributed by atoms with Crippen molar-refractivity contribution >= 4 is 33.2 Å². The number of nitrogens with zero attached hydrogens (tertiary/aromatic N) is 3. The van der Waals surface area contributed by atoms with Crippen molar-refractivity contribution in [2.75, 3.05) is 0 Å². The molecule has 0 unspecified atom stereocenters. The van der Waals surface area contributed by atoms with Crippen molar-refractivity contribution in [3.8, 4) is 0 Å². The standard InChI is InChI=1S/C6H3BrClN3/c7-4-1-5(8)3-6(2-4)10-11-9/h1-3H. The van der Waals surface area contributed by atoms with Crippen molar-refractivity contribution in [2.24, 2.45) is 5.11 Å². The number of halogens is 2. The molecule has 0 spiro atoms. The highest BCUT2D eigenvalue weighted by Gasteiger charge is 1.93. The SMILES string of the molecule is [N-]=[N+]=Nc1cc(Cl)cc(Br)c1. The summed E-state index contributed by atoms with van der Waals surface area (Å²) in [6, 6.07) is 5.00. The van der Waals surface area contributed by atoms with E-state index in [0.717, 1.165) is 4.47 Å². The molecule has 1 aromatic rings. The Balaban J connectivity index is 3.18. The van der Waals surface area contributed by atoms with Crippen LogP contribution in [0.1, 0.15) is 0 Å². The van der Waals surface area contributed by atoms with Crippen LogP contribution in [-0.2, 0) is 0 Å². The van der Waals surface area contributed by atoms with E-state index in [0.29, 0.717) is 10.7 Å². The maximum Gasteiger partial charge on any atom is 0.0421 e. The van der Waals surface area contributed by atoms with Crippen LogP contribution >= 0.6 is 27.5 Å². The van der Waals surface area contributed by atoms with Gasteiger partial charge in [-0.25, -0.2) is 0 Å². The summed E-state index contributed by atoms with van der Waals surface area (Å²) in [5, 5.41) is 3.94. The third-order valence-corrected chi connectivity index (χ3v) is 1.68. The predicted octanol–water partition coefficient (Wildman–Crippen LogP) is 4.04. The summed E-state index contributed by atoms with van der Waals surface area (Å²) in [5.74, 6) is 0. The molecule has 0 aliphatic heterocycles. The monoisotopic (exact) mass is 231 g/mol. The van der Waals surface area contributed by atoms with E-state index < -0.39 is 0 Å². The molecule has 0 radical (unpaired) electrons. The van der Waals surface area contributed by atoms with Gasteiger partial charge in [-0.15, -0.1) is 0 Å². The third-order valence-electron chi connectivity index (χ3n) is 1.01. The quantitative estimate of drug-likeness (QED) is 0.398. The molecule has 0 bridgehead atoms. The van der Waals surface area contributed by atoms with E-state index >= 15 is 0 Å². The van der Waals surface area contributed by atoms with Gasteiger partial charge in [0.15, 0.2) is 0 Å². The molecule has 11 heavy (non-hydrogen) atoms. The van der Waals surface area contributed by atoms with Crippen molar-refractivity contribution in [1.29, 1.82) is 0 Å². The summed E-state index contributed by atoms with van der Waals surface area (Å²) in [5.41, 5.74) is 8.61. The highest BCUT2D eigenvalue weighted by Crippen LogP contribution is 2.24. The van der Waals surface area contributed by atoms with Crippen molar-refractivity contribution in [1.82, 2.24) is 0 Å². The second-order valence-corrected chi connectivity index (χ2v) is 3.17. The van der Waals surface area contributed by atoms with Crippen molar-refractivity contribution in [3.05, 3.63) is 38.1 Å². The fourth-order valence-corrected chi connectivity index (χ4v) is 1.49. The zero-order chi connectivity index (χ0) is 8.27. The lowest BCUT2D eigenvalue weighted by Gasteiger charge is -1.94. The van der Waals surface area contributed by atoms with Gasteiger partial charge < -0.3 is 0 Å². The fraction of sp³-hybridized carbons (Fsp3) is 0. The third kappa shape index (κ3) is 2.42. The van der Waals surface area contributed by atoms with Crippen LogP contribution in [0, 0.1) is 0 Å². The summed E-state index contributed by atoms with van der Waals surface area (Å²) >= 11 is 8.89. The first-order valence-electron chi connectivity index (χ1n) is 2.73. The van der Waals surface area contributed by atoms with Crippen molar-refractivity contribution < 1.29 is 0 Å². The van der Waals surface area contributed by atoms with E-state index in [1.807, 2.05) is 0 Å². The second-order valence-electron chi connectivity index (χ2n) is 1.82. The molecule has 0 amide bonds. The maximum atomic E-state index is 8.10. The van der Waals surface area contributed by atoms with Crippen LogP contribution < -0.4 is 0 Å². The van der Waals surface area contributed by atoms with Crippen LogP contribution in [0.3, 0.4) is 0 Å². The summed E-state index contributed by atoms with van der Waals surface area (Å²) in [6.07, 6.45) is 0. The molecule has 0 saturated heterocycles. The first-order chi connectivity index (χ1) is 5.22. The van der Waals surface area contributed by atoms with Crippen LogP contribution in [0.2, 0.25) is 5.02 Å². The first-order valence-corrected chi connectivity index (χ1v) is 3.90. The molecule has 56 valence electrons. The van der Waals surface area contributed by atoms with E-state index in [-0.39, 0.29) is 0 Å². The molecule has 0 fully saturated rings. The smallest absolute Gasteiger partial charge is 0.0421 e. The lowest BCUT2D eigenvalue weighted by molar-refractivity contribution is 1.46. The van der Waals surface area contributed by atoms with E-state index in [4.69, 9.17) is 17.1 Å². The molecule has 0 aliphatic carbocycles. The van der Waals surface area contributed by atoms with Crippen LogP contribution in [0.4, 0.5) is 5.69 Å². The number of hydrogen-bond acceptors (Lipinski definition) is 1. The van der Waals surface area contributed by atoms with E-state index in [2.05, 4.69) is 26.0 Å². The summed E-state index contributed by atoms with van der Waals surface area (Å²) in [4.78, 5) is 2.63. The molecule has 0 saturated carbocycles. The topological polar surface area (TPSA) is 48.8 Å². The summed E-state index contributed by atoms with van der Waals surface area (Å²) in [7, 11) is 0. The molecule has 1 aromatic carbocycles. The van der Waals surface area contributed by atoms with Crippen molar-refractivity contribution in [2.45, 2.75) is 0 Å². The molecule has 3 nitrogen and oxygen atoms in total. The van der Waals surface area contributed by atoms with Gasteiger partial charge in [-0.05, 0) is 23.7 Å². The Morgan fingerprint density at radius 1 is 1.45 bits per heavy atom. The molecular formula is C6H3BrClN3. The average molecular weight is 232 g/mol. The number of benzene rings is 1. The molecule has 0 aliphatic rings. The predicted molar refractivity (Wildman–Crippen MR) is 48.0 cm³/mol. The summed E-state index contributed by atoms with van der Waals surface area (Å²) < 4.78 is 0.799. The van der Waals surface area contributed by atoms with Crippen LogP contribution in [0.25, 0.3) is 10.4 Å². The lowest BCUT2D eigenvalue weighted by Crippen LogP contribution is -1.66. The van der Waals surface area contributed by atoms with Gasteiger partial charge in [0.05, 0.1) is 0 Å². The van der Waals surface area contributed by atoms with E-state index in [1.165, 1.54) is 0 Å². The van der Waals surface area contributed by atoms with Gasteiger partial charge in [-0.3, -0.25) is 0 Å². The van der Waals surface area contributed by atoms with E-state index in [1.54, 1.807) is 18.2 Å². The summed E-state index contributed by atoms with van der Waals surface area (Å²) in [6.45, 7) is 0.